The van der Waals surface area contributed by atoms with Gasteiger partial charge < -0.3 is 10.3 Å². The lowest BCUT2D eigenvalue weighted by atomic mass is 10.0. The first-order valence-electron chi connectivity index (χ1n) is 9.46. The zero-order valence-electron chi connectivity index (χ0n) is 16.4. The van der Waals surface area contributed by atoms with Gasteiger partial charge in [-0.05, 0) is 60.7 Å². The highest BCUT2D eigenvalue weighted by atomic mass is 32.2. The zero-order chi connectivity index (χ0) is 22.1. The van der Waals surface area contributed by atoms with E-state index in [4.69, 9.17) is 0 Å². The summed E-state index contributed by atoms with van der Waals surface area (Å²) in [5, 5.41) is 2.76. The number of halogens is 2. The molecule has 7 nitrogen and oxygen atoms in total. The molecule has 160 valence electrons. The number of aromatic nitrogens is 2. The Bertz CT molecular complexity index is 1260. The van der Waals surface area contributed by atoms with E-state index in [0.717, 1.165) is 30.5 Å². The number of H-pyrrole nitrogens is 1. The van der Waals surface area contributed by atoms with Crippen LogP contribution < -0.4 is 15.6 Å². The maximum absolute atomic E-state index is 13.9. The van der Waals surface area contributed by atoms with Gasteiger partial charge in [0, 0.05) is 24.2 Å². The Kier molecular flexibility index (Phi) is 5.64. The van der Waals surface area contributed by atoms with E-state index >= 15 is 0 Å². The van der Waals surface area contributed by atoms with Gasteiger partial charge in [-0.2, -0.15) is 0 Å². The molecule has 0 aliphatic heterocycles. The molecule has 2 heterocycles. The number of hydrogen-bond donors (Lipinski definition) is 3. The molecule has 0 bridgehead atoms. The standard InChI is InChI=1S/C21H18F2N4O3S/c1-11-10-24-18(26-21(29)12-2-3-12)9-15(11)13-6-19(25-20(28)7-13)27-31(30)17-5-4-14(22)8-16(17)23/h4-10,12H,2-3H2,1H3,(H,24,26,29)(H2,25,27,28). The van der Waals surface area contributed by atoms with E-state index in [0.29, 0.717) is 23.0 Å². The van der Waals surface area contributed by atoms with Crippen molar-refractivity contribution < 1.29 is 17.8 Å². The minimum atomic E-state index is -2.07. The Morgan fingerprint density at radius 1 is 1.19 bits per heavy atom. The molecule has 4 rings (SSSR count). The number of rotatable bonds is 6. The Labute approximate surface area is 178 Å². The number of aromatic amines is 1. The lowest BCUT2D eigenvalue weighted by molar-refractivity contribution is -0.117. The number of aryl methyl sites for hydroxylation is 1. The average Bonchev–Trinajstić information content (AvgIpc) is 3.54. The van der Waals surface area contributed by atoms with Crippen molar-refractivity contribution in [2.75, 3.05) is 10.0 Å². The van der Waals surface area contributed by atoms with Gasteiger partial charge in [-0.1, -0.05) is 0 Å². The summed E-state index contributed by atoms with van der Waals surface area (Å²) in [6, 6.07) is 7.24. The topological polar surface area (TPSA) is 104 Å². The third kappa shape index (κ3) is 4.85. The molecular formula is C21H18F2N4O3S. The summed E-state index contributed by atoms with van der Waals surface area (Å²) < 4.78 is 42.0. The quantitative estimate of drug-likeness (QED) is 0.541. The van der Waals surface area contributed by atoms with Crippen LogP contribution in [0.15, 0.2) is 52.3 Å². The third-order valence-corrected chi connectivity index (χ3v) is 5.89. The van der Waals surface area contributed by atoms with E-state index in [9.17, 15) is 22.6 Å². The number of benzene rings is 1. The molecule has 1 unspecified atom stereocenters. The maximum Gasteiger partial charge on any atom is 0.250 e. The number of pyridine rings is 2. The van der Waals surface area contributed by atoms with Crippen LogP contribution in [-0.2, 0) is 15.8 Å². The summed E-state index contributed by atoms with van der Waals surface area (Å²) in [5.41, 5.74) is 1.42. The Morgan fingerprint density at radius 2 is 1.97 bits per heavy atom. The van der Waals surface area contributed by atoms with Crippen LogP contribution in [0.5, 0.6) is 0 Å². The molecule has 0 spiro atoms. The van der Waals surface area contributed by atoms with E-state index in [2.05, 4.69) is 20.0 Å². The summed E-state index contributed by atoms with van der Waals surface area (Å²) in [7, 11) is -2.07. The summed E-state index contributed by atoms with van der Waals surface area (Å²) in [6.45, 7) is 1.80. The molecule has 1 aliphatic carbocycles. The van der Waals surface area contributed by atoms with E-state index in [1.165, 1.54) is 12.1 Å². The lowest BCUT2D eigenvalue weighted by Crippen LogP contribution is -2.15. The number of carbonyl (C=O) groups excluding carboxylic acids is 1. The first-order valence-corrected chi connectivity index (χ1v) is 10.6. The van der Waals surface area contributed by atoms with E-state index in [-0.39, 0.29) is 22.5 Å². The molecule has 10 heteroatoms. The van der Waals surface area contributed by atoms with Gasteiger partial charge in [0.25, 0.3) is 0 Å². The number of amides is 1. The summed E-state index contributed by atoms with van der Waals surface area (Å²) >= 11 is 0. The van der Waals surface area contributed by atoms with Crippen molar-refractivity contribution in [3.8, 4) is 11.1 Å². The van der Waals surface area contributed by atoms with Crippen LogP contribution in [-0.4, -0.2) is 20.1 Å². The highest BCUT2D eigenvalue weighted by molar-refractivity contribution is 7.86. The van der Waals surface area contributed by atoms with Crippen molar-refractivity contribution in [1.82, 2.24) is 9.97 Å². The predicted molar refractivity (Wildman–Crippen MR) is 113 cm³/mol. The van der Waals surface area contributed by atoms with Gasteiger partial charge in [0.15, 0.2) is 11.0 Å². The summed E-state index contributed by atoms with van der Waals surface area (Å²) in [4.78, 5) is 30.7. The summed E-state index contributed by atoms with van der Waals surface area (Å²) in [5.74, 6) is -1.37. The average molecular weight is 444 g/mol. The molecule has 0 saturated heterocycles. The van der Waals surface area contributed by atoms with E-state index in [1.807, 2.05) is 0 Å². The zero-order valence-corrected chi connectivity index (χ0v) is 17.2. The van der Waals surface area contributed by atoms with Gasteiger partial charge in [0.05, 0.1) is 4.90 Å². The molecule has 31 heavy (non-hydrogen) atoms. The third-order valence-electron chi connectivity index (χ3n) is 4.75. The molecule has 1 fully saturated rings. The molecule has 1 aromatic carbocycles. The van der Waals surface area contributed by atoms with E-state index in [1.54, 1.807) is 19.2 Å². The monoisotopic (exact) mass is 444 g/mol. The molecule has 1 amide bonds. The minimum Gasteiger partial charge on any atom is -0.310 e. The van der Waals surface area contributed by atoms with Gasteiger partial charge in [-0.25, -0.2) is 18.0 Å². The van der Waals surface area contributed by atoms with Crippen LogP contribution in [0.4, 0.5) is 20.4 Å². The first kappa shape index (κ1) is 20.9. The number of anilines is 2. The number of nitrogens with zero attached hydrogens (tertiary/aromatic N) is 1. The van der Waals surface area contributed by atoms with Crippen molar-refractivity contribution in [1.29, 1.82) is 0 Å². The van der Waals surface area contributed by atoms with Gasteiger partial charge in [0.2, 0.25) is 11.5 Å². The highest BCUT2D eigenvalue weighted by Gasteiger charge is 2.29. The second-order valence-corrected chi connectivity index (χ2v) is 8.42. The SMILES string of the molecule is Cc1cnc(NC(=O)C2CC2)cc1-c1cc(NS(=O)c2ccc(F)cc2F)[nH]c(=O)c1. The van der Waals surface area contributed by atoms with Crippen LogP contribution in [0.1, 0.15) is 18.4 Å². The molecule has 1 atom stereocenters. The fourth-order valence-corrected chi connectivity index (χ4v) is 3.86. The van der Waals surface area contributed by atoms with Crippen molar-refractivity contribution in [2.24, 2.45) is 5.92 Å². The van der Waals surface area contributed by atoms with Crippen molar-refractivity contribution >= 4 is 28.5 Å². The first-order chi connectivity index (χ1) is 14.8. The van der Waals surface area contributed by atoms with Crippen LogP contribution >= 0.6 is 0 Å². The Hall–Kier alpha value is -3.40. The normalized spacial score (nSPS) is 14.2. The second-order valence-electron chi connectivity index (χ2n) is 7.24. The molecule has 2 aromatic heterocycles. The maximum atomic E-state index is 13.9. The second kappa shape index (κ2) is 8.38. The van der Waals surface area contributed by atoms with Gasteiger partial charge >= 0.3 is 0 Å². The molecule has 3 aromatic rings. The van der Waals surface area contributed by atoms with Crippen molar-refractivity contribution in [3.05, 3.63) is 70.1 Å². The summed E-state index contributed by atoms with van der Waals surface area (Å²) in [6.07, 6.45) is 3.30. The van der Waals surface area contributed by atoms with Crippen LogP contribution in [0.3, 0.4) is 0 Å². The number of hydrogen-bond acceptors (Lipinski definition) is 4. The molecule has 1 aliphatic rings. The molecule has 0 radical (unpaired) electrons. The highest BCUT2D eigenvalue weighted by Crippen LogP contribution is 2.31. The number of nitrogens with one attached hydrogen (secondary N) is 3. The van der Waals surface area contributed by atoms with Crippen molar-refractivity contribution in [3.63, 3.8) is 0 Å². The van der Waals surface area contributed by atoms with Crippen LogP contribution in [0, 0.1) is 24.5 Å². The van der Waals surface area contributed by atoms with Crippen molar-refractivity contribution in [2.45, 2.75) is 24.7 Å². The lowest BCUT2D eigenvalue weighted by Gasteiger charge is -2.12. The molecule has 3 N–H and O–H groups in total. The molecular weight excluding hydrogens is 426 g/mol. The Balaban J connectivity index is 1.62. The fourth-order valence-electron chi connectivity index (χ4n) is 3.01. The van der Waals surface area contributed by atoms with Gasteiger partial charge in [-0.3, -0.25) is 14.3 Å². The molecule has 1 saturated carbocycles. The predicted octanol–water partition coefficient (Wildman–Crippen LogP) is 3.51. The Morgan fingerprint density at radius 3 is 2.68 bits per heavy atom. The van der Waals surface area contributed by atoms with Crippen LogP contribution in [0.2, 0.25) is 0 Å². The van der Waals surface area contributed by atoms with Gasteiger partial charge in [-0.15, -0.1) is 0 Å². The fraction of sp³-hybridized carbons (Fsp3) is 0.190. The van der Waals surface area contributed by atoms with Gasteiger partial charge in [0.1, 0.15) is 23.3 Å². The van der Waals surface area contributed by atoms with Crippen LogP contribution in [0.25, 0.3) is 11.1 Å². The largest absolute Gasteiger partial charge is 0.310 e. The smallest absolute Gasteiger partial charge is 0.250 e. The number of carbonyl (C=O) groups is 1. The minimum absolute atomic E-state index is 0.0174. The van der Waals surface area contributed by atoms with E-state index < -0.39 is 28.2 Å².